The Hall–Kier alpha value is -2.17. The molecule has 2 rings (SSSR count). The highest BCUT2D eigenvalue weighted by molar-refractivity contribution is 7.07. The fraction of sp³-hybridized carbons (Fsp3) is 0. The summed E-state index contributed by atoms with van der Waals surface area (Å²) in [5.74, 6) is 0. The van der Waals surface area contributed by atoms with E-state index in [0.717, 1.165) is 0 Å². The first-order valence-corrected chi connectivity index (χ1v) is 5.00. The van der Waals surface area contributed by atoms with Gasteiger partial charge in [-0.2, -0.15) is 10.5 Å². The molecule has 0 aliphatic rings. The molecule has 0 bridgehead atoms. The first-order valence-electron chi connectivity index (χ1n) is 4.12. The predicted octanol–water partition coefficient (Wildman–Crippen LogP) is 2.35. The summed E-state index contributed by atoms with van der Waals surface area (Å²) in [5, 5.41) is 19.7. The van der Waals surface area contributed by atoms with Crippen LogP contribution >= 0.6 is 11.3 Å². The van der Waals surface area contributed by atoms with Crippen LogP contribution in [-0.4, -0.2) is 4.98 Å². The van der Waals surface area contributed by atoms with E-state index >= 15 is 0 Å². The average molecular weight is 210 g/mol. The zero-order valence-electron chi connectivity index (χ0n) is 7.56. The van der Waals surface area contributed by atoms with Gasteiger partial charge in [-0.25, -0.2) is 4.98 Å². The normalized spacial score (nSPS) is 9.20. The largest absolute Gasteiger partial charge is 0.233 e. The van der Waals surface area contributed by atoms with Crippen molar-refractivity contribution in [1.82, 2.24) is 4.98 Å². The van der Waals surface area contributed by atoms with Gasteiger partial charge in [0.05, 0.1) is 29.0 Å². The Morgan fingerprint density at radius 3 is 2.33 bits per heavy atom. The summed E-state index contributed by atoms with van der Waals surface area (Å²) >= 11 is 1.32. The molecule has 2 aromatic rings. The second-order valence-electron chi connectivity index (χ2n) is 2.78. The lowest BCUT2D eigenvalue weighted by Crippen LogP contribution is -1.89. The third-order valence-electron chi connectivity index (χ3n) is 1.95. The van der Waals surface area contributed by atoms with Crippen LogP contribution in [-0.2, 0) is 0 Å². The SMILES string of the molecule is N#Cc1cccc(C#N)c1-c1cs[c]n1. The predicted molar refractivity (Wildman–Crippen MR) is 55.8 cm³/mol. The maximum absolute atomic E-state index is 8.94. The summed E-state index contributed by atoms with van der Waals surface area (Å²) in [4.78, 5) is 4.00. The molecule has 0 spiro atoms. The number of thiazole rings is 1. The van der Waals surface area contributed by atoms with Crippen LogP contribution in [0, 0.1) is 28.2 Å². The third-order valence-corrected chi connectivity index (χ3v) is 2.49. The molecule has 0 N–H and O–H groups in total. The quantitative estimate of drug-likeness (QED) is 0.725. The van der Waals surface area contributed by atoms with Crippen molar-refractivity contribution in [2.24, 2.45) is 0 Å². The van der Waals surface area contributed by atoms with Gasteiger partial charge in [0, 0.05) is 10.9 Å². The molecule has 0 unspecified atom stereocenters. The molecule has 69 valence electrons. The summed E-state index contributed by atoms with van der Waals surface area (Å²) < 4.78 is 0. The molecule has 0 saturated heterocycles. The highest BCUT2D eigenvalue weighted by Gasteiger charge is 2.11. The maximum Gasteiger partial charge on any atom is 0.152 e. The van der Waals surface area contributed by atoms with Crippen LogP contribution < -0.4 is 0 Å². The molecule has 1 aromatic heterocycles. The van der Waals surface area contributed by atoms with Gasteiger partial charge in [0.15, 0.2) is 5.51 Å². The van der Waals surface area contributed by atoms with Crippen molar-refractivity contribution in [3.63, 3.8) is 0 Å². The van der Waals surface area contributed by atoms with Crippen molar-refractivity contribution in [1.29, 1.82) is 10.5 Å². The second-order valence-corrected chi connectivity index (χ2v) is 3.43. The van der Waals surface area contributed by atoms with Crippen LogP contribution in [0.4, 0.5) is 0 Å². The molecule has 4 heteroatoms. The fourth-order valence-electron chi connectivity index (χ4n) is 1.31. The molecule has 0 aliphatic heterocycles. The monoisotopic (exact) mass is 210 g/mol. The number of aromatic nitrogens is 1. The fourth-order valence-corrected chi connectivity index (χ4v) is 1.80. The first kappa shape index (κ1) is 9.39. The smallest absolute Gasteiger partial charge is 0.152 e. The summed E-state index contributed by atoms with van der Waals surface area (Å²) in [7, 11) is 0. The molecular formula is C11H4N3S. The molecule has 0 saturated carbocycles. The molecule has 0 aliphatic carbocycles. The molecule has 0 atom stereocenters. The molecule has 1 aromatic carbocycles. The number of benzene rings is 1. The van der Waals surface area contributed by atoms with Gasteiger partial charge in [-0.05, 0) is 12.1 Å². The standard InChI is InChI=1S/C11H4N3S/c12-4-8-2-1-3-9(5-13)11(8)10-6-15-7-14-10/h1-3,6H. The second kappa shape index (κ2) is 3.91. The lowest BCUT2D eigenvalue weighted by Gasteiger charge is -2.01. The third kappa shape index (κ3) is 1.59. The van der Waals surface area contributed by atoms with E-state index in [1.165, 1.54) is 11.3 Å². The summed E-state index contributed by atoms with van der Waals surface area (Å²) in [5.41, 5.74) is 4.87. The van der Waals surface area contributed by atoms with Crippen LogP contribution in [0.15, 0.2) is 23.6 Å². The van der Waals surface area contributed by atoms with Gasteiger partial charge >= 0.3 is 0 Å². The van der Waals surface area contributed by atoms with Crippen LogP contribution in [0.3, 0.4) is 0 Å². The van der Waals surface area contributed by atoms with Gasteiger partial charge in [0.25, 0.3) is 0 Å². The first-order chi connectivity index (χ1) is 7.36. The van der Waals surface area contributed by atoms with Crippen molar-refractivity contribution in [2.75, 3.05) is 0 Å². The molecule has 1 heterocycles. The highest BCUT2D eigenvalue weighted by atomic mass is 32.1. The van der Waals surface area contributed by atoms with Gasteiger partial charge in [-0.3, -0.25) is 0 Å². The Morgan fingerprint density at radius 1 is 1.20 bits per heavy atom. The number of rotatable bonds is 1. The topological polar surface area (TPSA) is 60.5 Å². The Morgan fingerprint density at radius 2 is 1.87 bits per heavy atom. The molecule has 3 nitrogen and oxygen atoms in total. The van der Waals surface area contributed by atoms with Crippen LogP contribution in [0.1, 0.15) is 11.1 Å². The van der Waals surface area contributed by atoms with Crippen LogP contribution in [0.2, 0.25) is 0 Å². The van der Waals surface area contributed by atoms with Gasteiger partial charge in [-0.15, -0.1) is 11.3 Å². The molecule has 1 radical (unpaired) electrons. The highest BCUT2D eigenvalue weighted by Crippen LogP contribution is 2.26. The van der Waals surface area contributed by atoms with Gasteiger partial charge in [0.2, 0.25) is 0 Å². The van der Waals surface area contributed by atoms with E-state index in [9.17, 15) is 0 Å². The van der Waals surface area contributed by atoms with Crippen molar-refractivity contribution in [2.45, 2.75) is 0 Å². The Kier molecular flexibility index (Phi) is 2.45. The average Bonchev–Trinajstić information content (AvgIpc) is 2.81. The van der Waals surface area contributed by atoms with Crippen molar-refractivity contribution in [3.8, 4) is 23.4 Å². The lowest BCUT2D eigenvalue weighted by molar-refractivity contribution is 1.36. The van der Waals surface area contributed by atoms with Crippen molar-refractivity contribution >= 4 is 11.3 Å². The molecular weight excluding hydrogens is 206 g/mol. The van der Waals surface area contributed by atoms with E-state index in [1.54, 1.807) is 23.6 Å². The van der Waals surface area contributed by atoms with Crippen LogP contribution in [0.5, 0.6) is 0 Å². The van der Waals surface area contributed by atoms with Gasteiger partial charge < -0.3 is 0 Å². The van der Waals surface area contributed by atoms with E-state index in [-0.39, 0.29) is 0 Å². The Labute approximate surface area is 90.9 Å². The molecule has 0 fully saturated rings. The summed E-state index contributed by atoms with van der Waals surface area (Å²) in [6, 6.07) is 9.16. The van der Waals surface area contributed by atoms with E-state index < -0.39 is 0 Å². The minimum absolute atomic E-state index is 0.466. The number of nitriles is 2. The van der Waals surface area contributed by atoms with E-state index in [0.29, 0.717) is 22.4 Å². The zero-order valence-corrected chi connectivity index (χ0v) is 8.38. The molecule has 0 amide bonds. The minimum Gasteiger partial charge on any atom is -0.233 e. The minimum atomic E-state index is 0.466. The van der Waals surface area contributed by atoms with E-state index in [2.05, 4.69) is 22.6 Å². The van der Waals surface area contributed by atoms with Crippen molar-refractivity contribution < 1.29 is 0 Å². The van der Waals surface area contributed by atoms with E-state index in [1.807, 2.05) is 0 Å². The Bertz CT molecular complexity index is 526. The lowest BCUT2D eigenvalue weighted by atomic mass is 10.0. The Balaban J connectivity index is 2.75. The summed E-state index contributed by atoms with van der Waals surface area (Å²) in [6.07, 6.45) is 0. The number of hydrogen-bond acceptors (Lipinski definition) is 4. The van der Waals surface area contributed by atoms with Crippen molar-refractivity contribution in [3.05, 3.63) is 40.2 Å². The molecule has 15 heavy (non-hydrogen) atoms. The van der Waals surface area contributed by atoms with Gasteiger partial charge in [0.1, 0.15) is 0 Å². The number of nitrogens with zero attached hydrogens (tertiary/aromatic N) is 3. The zero-order chi connectivity index (χ0) is 10.7. The summed E-state index contributed by atoms with van der Waals surface area (Å²) in [6.45, 7) is 0. The maximum atomic E-state index is 8.94. The van der Waals surface area contributed by atoms with Crippen LogP contribution in [0.25, 0.3) is 11.3 Å². The van der Waals surface area contributed by atoms with E-state index in [4.69, 9.17) is 10.5 Å². The number of hydrogen-bond donors (Lipinski definition) is 0. The van der Waals surface area contributed by atoms with Gasteiger partial charge in [-0.1, -0.05) is 6.07 Å².